The third-order valence-corrected chi connectivity index (χ3v) is 3.98. The zero-order chi connectivity index (χ0) is 19.1. The van der Waals surface area contributed by atoms with Crippen LogP contribution >= 0.6 is 0 Å². The highest BCUT2D eigenvalue weighted by molar-refractivity contribution is 5.96. The molecule has 1 aliphatic rings. The summed E-state index contributed by atoms with van der Waals surface area (Å²) in [5, 5.41) is 2.65. The van der Waals surface area contributed by atoms with Gasteiger partial charge in [0.1, 0.15) is 6.67 Å². The molecule has 2 amide bonds. The number of hydrogen-bond donors (Lipinski definition) is 2. The lowest BCUT2D eigenvalue weighted by Crippen LogP contribution is -2.49. The van der Waals surface area contributed by atoms with Crippen LogP contribution in [-0.4, -0.2) is 54.9 Å². The first-order valence-corrected chi connectivity index (χ1v) is 8.67. The Morgan fingerprint density at radius 3 is 2.77 bits per heavy atom. The SMILES string of the molecule is CCCCOc1c2n(c(CNC(C)=O)cc1=O)NCN(CCOC)C2=O. The van der Waals surface area contributed by atoms with Crippen molar-refractivity contribution in [1.82, 2.24) is 14.9 Å². The van der Waals surface area contributed by atoms with Crippen LogP contribution in [-0.2, 0) is 16.1 Å². The van der Waals surface area contributed by atoms with Crippen LogP contribution in [0.3, 0.4) is 0 Å². The monoisotopic (exact) mass is 366 g/mol. The first kappa shape index (κ1) is 19.8. The van der Waals surface area contributed by atoms with Gasteiger partial charge in [-0.3, -0.25) is 19.1 Å². The Kier molecular flexibility index (Phi) is 7.02. The lowest BCUT2D eigenvalue weighted by Gasteiger charge is -2.33. The third kappa shape index (κ3) is 4.54. The number of aromatic nitrogens is 1. The third-order valence-electron chi connectivity index (χ3n) is 3.98. The van der Waals surface area contributed by atoms with Gasteiger partial charge in [-0.15, -0.1) is 0 Å². The van der Waals surface area contributed by atoms with Gasteiger partial charge in [0.05, 0.1) is 25.5 Å². The number of ether oxygens (including phenoxy) is 2. The number of fused-ring (bicyclic) bond motifs is 1. The van der Waals surface area contributed by atoms with Gasteiger partial charge in [-0.2, -0.15) is 0 Å². The average molecular weight is 366 g/mol. The molecule has 26 heavy (non-hydrogen) atoms. The first-order chi connectivity index (χ1) is 12.5. The molecule has 0 saturated carbocycles. The van der Waals surface area contributed by atoms with Crippen molar-refractivity contribution in [3.63, 3.8) is 0 Å². The molecule has 1 aliphatic heterocycles. The van der Waals surface area contributed by atoms with Gasteiger partial charge in [0.2, 0.25) is 11.3 Å². The maximum atomic E-state index is 12.9. The molecule has 0 spiro atoms. The minimum absolute atomic E-state index is 0.0321. The predicted molar refractivity (Wildman–Crippen MR) is 95.8 cm³/mol. The summed E-state index contributed by atoms with van der Waals surface area (Å²) in [6.45, 7) is 4.93. The van der Waals surface area contributed by atoms with Gasteiger partial charge in [-0.05, 0) is 6.42 Å². The molecule has 0 radical (unpaired) electrons. The van der Waals surface area contributed by atoms with E-state index < -0.39 is 0 Å². The fraction of sp³-hybridized carbons (Fsp3) is 0.588. The second-order valence-corrected chi connectivity index (χ2v) is 6.00. The van der Waals surface area contributed by atoms with E-state index in [4.69, 9.17) is 9.47 Å². The van der Waals surface area contributed by atoms with Crippen molar-refractivity contribution in [2.75, 3.05) is 39.0 Å². The number of rotatable bonds is 9. The number of pyridine rings is 1. The number of unbranched alkanes of at least 4 members (excludes halogenated alkanes) is 1. The standard InChI is InChI=1S/C17H26N4O5/c1-4-5-7-26-16-14(23)9-13(10-18-12(2)22)21-15(16)17(24)20(11-19-21)6-8-25-3/h9,19H,4-8,10-11H2,1-3H3,(H,18,22). The van der Waals surface area contributed by atoms with Gasteiger partial charge in [-0.25, -0.2) is 0 Å². The summed E-state index contributed by atoms with van der Waals surface area (Å²) in [7, 11) is 1.56. The predicted octanol–water partition coefficient (Wildman–Crippen LogP) is 0.267. The lowest BCUT2D eigenvalue weighted by molar-refractivity contribution is -0.119. The van der Waals surface area contributed by atoms with Gasteiger partial charge in [0.15, 0.2) is 11.4 Å². The van der Waals surface area contributed by atoms with E-state index in [1.165, 1.54) is 17.7 Å². The van der Waals surface area contributed by atoms with Crippen molar-refractivity contribution in [3.05, 3.63) is 27.7 Å². The van der Waals surface area contributed by atoms with Gasteiger partial charge in [0.25, 0.3) is 5.91 Å². The molecule has 9 heteroatoms. The van der Waals surface area contributed by atoms with E-state index in [2.05, 4.69) is 10.7 Å². The van der Waals surface area contributed by atoms with Crippen molar-refractivity contribution < 1.29 is 19.1 Å². The number of nitrogens with zero attached hydrogens (tertiary/aromatic N) is 2. The minimum Gasteiger partial charge on any atom is -0.487 e. The highest BCUT2D eigenvalue weighted by Gasteiger charge is 2.30. The summed E-state index contributed by atoms with van der Waals surface area (Å²) >= 11 is 0. The number of nitrogens with one attached hydrogen (secondary N) is 2. The van der Waals surface area contributed by atoms with Crippen molar-refractivity contribution in [2.24, 2.45) is 0 Å². The van der Waals surface area contributed by atoms with Gasteiger partial charge in [-0.1, -0.05) is 13.3 Å². The topological polar surface area (TPSA) is 102 Å². The van der Waals surface area contributed by atoms with E-state index >= 15 is 0 Å². The molecule has 0 saturated heterocycles. The van der Waals surface area contributed by atoms with E-state index in [1.807, 2.05) is 6.92 Å². The normalized spacial score (nSPS) is 13.2. The van der Waals surface area contributed by atoms with Crippen LogP contribution < -0.4 is 20.9 Å². The Bertz CT molecular complexity index is 716. The highest BCUT2D eigenvalue weighted by atomic mass is 16.5. The number of carbonyl (C=O) groups is 2. The summed E-state index contributed by atoms with van der Waals surface area (Å²) in [4.78, 5) is 38.2. The van der Waals surface area contributed by atoms with Crippen LogP contribution in [0.4, 0.5) is 0 Å². The van der Waals surface area contributed by atoms with Gasteiger partial charge in [0, 0.05) is 26.6 Å². The zero-order valence-corrected chi connectivity index (χ0v) is 15.5. The Morgan fingerprint density at radius 1 is 1.35 bits per heavy atom. The fourth-order valence-corrected chi connectivity index (χ4v) is 2.58. The van der Waals surface area contributed by atoms with E-state index in [-0.39, 0.29) is 41.9 Å². The van der Waals surface area contributed by atoms with Gasteiger partial charge >= 0.3 is 0 Å². The van der Waals surface area contributed by atoms with Crippen molar-refractivity contribution in [1.29, 1.82) is 0 Å². The Balaban J connectivity index is 2.42. The van der Waals surface area contributed by atoms with Crippen molar-refractivity contribution in [3.8, 4) is 5.75 Å². The van der Waals surface area contributed by atoms with E-state index in [0.29, 0.717) is 25.5 Å². The molecule has 2 N–H and O–H groups in total. The van der Waals surface area contributed by atoms with Crippen LogP contribution in [0.1, 0.15) is 42.9 Å². The second kappa shape index (κ2) is 9.23. The quantitative estimate of drug-likeness (QED) is 0.608. The largest absolute Gasteiger partial charge is 0.487 e. The fourth-order valence-electron chi connectivity index (χ4n) is 2.58. The summed E-state index contributed by atoms with van der Waals surface area (Å²) in [5.41, 5.74) is 3.36. The Morgan fingerprint density at radius 2 is 2.12 bits per heavy atom. The van der Waals surface area contributed by atoms with Crippen molar-refractivity contribution in [2.45, 2.75) is 33.2 Å². The summed E-state index contributed by atoms with van der Waals surface area (Å²) in [5.74, 6) is -0.502. The van der Waals surface area contributed by atoms with Crippen LogP contribution in [0, 0.1) is 0 Å². The number of carbonyl (C=O) groups excluding carboxylic acids is 2. The molecular formula is C17H26N4O5. The lowest BCUT2D eigenvalue weighted by atomic mass is 10.2. The molecular weight excluding hydrogens is 340 g/mol. The molecule has 1 aromatic heterocycles. The molecule has 0 bridgehead atoms. The zero-order valence-electron chi connectivity index (χ0n) is 15.5. The van der Waals surface area contributed by atoms with Crippen LogP contribution in [0.2, 0.25) is 0 Å². The molecule has 144 valence electrons. The van der Waals surface area contributed by atoms with E-state index in [9.17, 15) is 14.4 Å². The Hall–Kier alpha value is -2.55. The number of amides is 2. The first-order valence-electron chi connectivity index (χ1n) is 8.67. The number of methoxy groups -OCH3 is 1. The van der Waals surface area contributed by atoms with E-state index in [0.717, 1.165) is 12.8 Å². The average Bonchev–Trinajstić information content (AvgIpc) is 2.61. The molecule has 0 atom stereocenters. The number of hydrogen-bond acceptors (Lipinski definition) is 6. The molecule has 0 unspecified atom stereocenters. The molecule has 2 rings (SSSR count). The summed E-state index contributed by atoms with van der Waals surface area (Å²) in [6, 6.07) is 1.38. The molecule has 9 nitrogen and oxygen atoms in total. The summed E-state index contributed by atoms with van der Waals surface area (Å²) in [6.07, 6.45) is 1.69. The van der Waals surface area contributed by atoms with Crippen molar-refractivity contribution >= 4 is 11.8 Å². The molecule has 0 aliphatic carbocycles. The maximum Gasteiger partial charge on any atom is 0.277 e. The molecule has 2 heterocycles. The Labute approximate surface area is 152 Å². The molecule has 0 aromatic carbocycles. The second-order valence-electron chi connectivity index (χ2n) is 6.00. The van der Waals surface area contributed by atoms with Crippen LogP contribution in [0.5, 0.6) is 5.75 Å². The van der Waals surface area contributed by atoms with E-state index in [1.54, 1.807) is 12.0 Å². The van der Waals surface area contributed by atoms with Crippen LogP contribution in [0.25, 0.3) is 0 Å². The molecule has 1 aromatic rings. The highest BCUT2D eigenvalue weighted by Crippen LogP contribution is 2.21. The smallest absolute Gasteiger partial charge is 0.277 e. The summed E-state index contributed by atoms with van der Waals surface area (Å²) < 4.78 is 12.2. The van der Waals surface area contributed by atoms with Crippen LogP contribution in [0.15, 0.2) is 10.9 Å². The maximum absolute atomic E-state index is 12.9. The molecule has 0 fully saturated rings. The minimum atomic E-state index is -0.378. The van der Waals surface area contributed by atoms with Gasteiger partial charge < -0.3 is 25.1 Å².